The number of Topliss-reactive ketones (excluding diaryl/α,β-unsaturated/α-hetero) is 1. The van der Waals surface area contributed by atoms with Crippen LogP contribution in [0, 0.1) is 0 Å². The topological polar surface area (TPSA) is 260 Å². The molecule has 0 aliphatic rings. The number of hydrogen-bond acceptors (Lipinski definition) is 19. The first-order chi connectivity index (χ1) is 31.6. The highest BCUT2D eigenvalue weighted by Crippen LogP contribution is 2.08. The van der Waals surface area contributed by atoms with Crippen LogP contribution >= 0.6 is 0 Å². The number of amides is 3. The van der Waals surface area contributed by atoms with Gasteiger partial charge in [-0.1, -0.05) is 6.92 Å². The fourth-order valence-corrected chi connectivity index (χ4v) is 4.97. The Balaban J connectivity index is 4.33. The van der Waals surface area contributed by atoms with Crippen LogP contribution in [0.5, 0.6) is 0 Å². The van der Waals surface area contributed by atoms with Gasteiger partial charge in [0.05, 0.1) is 145 Å². The van der Waals surface area contributed by atoms with Crippen molar-refractivity contribution in [3.63, 3.8) is 0 Å². The Morgan fingerprint density at radius 2 is 0.908 bits per heavy atom. The number of nitrogens with one attached hydrogen (secondary N) is 3. The van der Waals surface area contributed by atoms with Crippen molar-refractivity contribution in [1.29, 1.82) is 0 Å². The zero-order chi connectivity index (χ0) is 47.7. The summed E-state index contributed by atoms with van der Waals surface area (Å²) in [6, 6.07) is -0.727. The number of hydroxylamine groups is 1. The summed E-state index contributed by atoms with van der Waals surface area (Å²) in [5.74, 6) is -0.815. The maximum absolute atomic E-state index is 13.2. The Hall–Kier alpha value is -2.68. The molecule has 384 valence electrons. The van der Waals surface area contributed by atoms with Gasteiger partial charge in [0.1, 0.15) is 18.8 Å². The lowest BCUT2D eigenvalue weighted by Gasteiger charge is -2.19. The van der Waals surface area contributed by atoms with Crippen LogP contribution in [0.2, 0.25) is 0 Å². The third-order valence-corrected chi connectivity index (χ3v) is 7.99. The monoisotopic (exact) mass is 945 g/mol. The molecule has 0 unspecified atom stereocenters. The van der Waals surface area contributed by atoms with E-state index in [9.17, 15) is 19.2 Å². The summed E-state index contributed by atoms with van der Waals surface area (Å²) in [6.07, 6.45) is 2.48. The first-order valence-electron chi connectivity index (χ1n) is 22.9. The highest BCUT2D eigenvalue weighted by atomic mass is 16.7. The van der Waals surface area contributed by atoms with Crippen LogP contribution in [0.3, 0.4) is 0 Å². The smallest absolute Gasteiger partial charge is 0.431 e. The minimum atomic E-state index is -0.727. The quantitative estimate of drug-likeness (QED) is 0.0492. The molecule has 0 aromatic heterocycles. The Morgan fingerprint density at radius 1 is 0.492 bits per heavy atom. The summed E-state index contributed by atoms with van der Waals surface area (Å²) >= 11 is 0. The number of nitrogens with two attached hydrogens (primary N) is 1. The SMILES string of the molecule is CCCOCCOCCOCCOCCOCC(=O)N[C@@H](CCCCNC(=O)COCCOCCOCCOCCOCCN)C(=O)CCCOCCOCCONC(=O)OC(C)(C)C. The fourth-order valence-electron chi connectivity index (χ4n) is 4.97. The number of carbonyl (C=O) groups is 4. The van der Waals surface area contributed by atoms with Gasteiger partial charge < -0.3 is 77.9 Å². The van der Waals surface area contributed by atoms with E-state index in [4.69, 9.17) is 72.2 Å². The predicted molar refractivity (Wildman–Crippen MR) is 238 cm³/mol. The molecule has 0 heterocycles. The van der Waals surface area contributed by atoms with Gasteiger partial charge >= 0.3 is 6.09 Å². The number of hydrogen-bond donors (Lipinski definition) is 4. The van der Waals surface area contributed by atoms with Gasteiger partial charge in [0, 0.05) is 32.7 Å². The zero-order valence-corrected chi connectivity index (χ0v) is 39.8. The molecule has 0 rings (SSSR count). The normalized spacial score (nSPS) is 12.0. The average molecular weight is 945 g/mol. The number of rotatable bonds is 50. The lowest BCUT2D eigenvalue weighted by molar-refractivity contribution is -0.131. The van der Waals surface area contributed by atoms with E-state index in [0.717, 1.165) is 13.0 Å². The van der Waals surface area contributed by atoms with E-state index in [1.165, 1.54) is 0 Å². The minimum absolute atomic E-state index is 0.108. The number of carbonyl (C=O) groups excluding carboxylic acids is 4. The maximum atomic E-state index is 13.2. The second kappa shape index (κ2) is 47.8. The molecule has 0 aliphatic carbocycles. The van der Waals surface area contributed by atoms with Gasteiger partial charge in [-0.2, -0.15) is 5.48 Å². The molecule has 3 amide bonds. The molecular formula is C43H84N4O18. The van der Waals surface area contributed by atoms with Crippen LogP contribution in [0.4, 0.5) is 4.79 Å². The third kappa shape index (κ3) is 49.1. The van der Waals surface area contributed by atoms with E-state index in [2.05, 4.69) is 23.0 Å². The lowest BCUT2D eigenvalue weighted by atomic mass is 10.0. The summed E-state index contributed by atoms with van der Waals surface area (Å²) in [6.45, 7) is 16.9. The van der Waals surface area contributed by atoms with Gasteiger partial charge in [-0.15, -0.1) is 0 Å². The summed E-state index contributed by atoms with van der Waals surface area (Å²) in [7, 11) is 0. The maximum Gasteiger partial charge on any atom is 0.431 e. The number of ether oxygens (including phenoxy) is 13. The molecule has 0 saturated carbocycles. The molecule has 0 aliphatic heterocycles. The molecule has 0 spiro atoms. The first kappa shape index (κ1) is 62.3. The average Bonchev–Trinajstić information content (AvgIpc) is 3.26. The van der Waals surface area contributed by atoms with Crippen molar-refractivity contribution in [3.8, 4) is 0 Å². The lowest BCUT2D eigenvalue weighted by Crippen LogP contribution is -2.42. The van der Waals surface area contributed by atoms with Crippen molar-refractivity contribution >= 4 is 23.7 Å². The number of ketones is 1. The van der Waals surface area contributed by atoms with E-state index in [-0.39, 0.29) is 64.4 Å². The summed E-state index contributed by atoms with van der Waals surface area (Å²) < 4.78 is 70.1. The molecule has 0 saturated heterocycles. The van der Waals surface area contributed by atoms with Gasteiger partial charge in [-0.25, -0.2) is 4.79 Å². The highest BCUT2D eigenvalue weighted by molar-refractivity contribution is 5.89. The Labute approximate surface area is 386 Å². The van der Waals surface area contributed by atoms with Gasteiger partial charge in [-0.05, 0) is 52.9 Å². The van der Waals surface area contributed by atoms with Crippen LogP contribution < -0.4 is 21.8 Å². The fraction of sp³-hybridized carbons (Fsp3) is 0.907. The molecule has 0 aromatic carbocycles. The van der Waals surface area contributed by atoms with Crippen LogP contribution in [0.25, 0.3) is 0 Å². The van der Waals surface area contributed by atoms with Gasteiger partial charge in [-0.3, -0.25) is 19.2 Å². The van der Waals surface area contributed by atoms with Crippen molar-refractivity contribution in [2.24, 2.45) is 5.73 Å². The van der Waals surface area contributed by atoms with E-state index in [1.54, 1.807) is 20.8 Å². The molecule has 1 atom stereocenters. The van der Waals surface area contributed by atoms with Crippen molar-refractivity contribution in [1.82, 2.24) is 16.1 Å². The van der Waals surface area contributed by atoms with Crippen LogP contribution in [0.15, 0.2) is 0 Å². The second-order valence-corrected chi connectivity index (χ2v) is 15.0. The van der Waals surface area contributed by atoms with Crippen molar-refractivity contribution in [3.05, 3.63) is 0 Å². The largest absolute Gasteiger partial charge is 0.442 e. The molecule has 65 heavy (non-hydrogen) atoms. The predicted octanol–water partition coefficient (Wildman–Crippen LogP) is 1.13. The Bertz CT molecular complexity index is 1110. The third-order valence-electron chi connectivity index (χ3n) is 7.99. The van der Waals surface area contributed by atoms with Crippen molar-refractivity contribution < 1.29 is 85.6 Å². The molecule has 5 N–H and O–H groups in total. The highest BCUT2D eigenvalue weighted by Gasteiger charge is 2.20. The van der Waals surface area contributed by atoms with Gasteiger partial charge in [0.25, 0.3) is 0 Å². The molecule has 0 aromatic rings. The Morgan fingerprint density at radius 3 is 1.37 bits per heavy atom. The van der Waals surface area contributed by atoms with Crippen molar-refractivity contribution in [2.75, 3.05) is 178 Å². The molecule has 22 heteroatoms. The van der Waals surface area contributed by atoms with E-state index in [0.29, 0.717) is 151 Å². The van der Waals surface area contributed by atoms with Gasteiger partial charge in [0.15, 0.2) is 5.78 Å². The van der Waals surface area contributed by atoms with Gasteiger partial charge in [0.2, 0.25) is 11.8 Å². The summed E-state index contributed by atoms with van der Waals surface area (Å²) in [4.78, 5) is 54.7. The summed E-state index contributed by atoms with van der Waals surface area (Å²) in [5, 5.41) is 5.61. The van der Waals surface area contributed by atoms with Crippen LogP contribution in [-0.2, 0) is 80.8 Å². The standard InChI is InChI=1S/C43H84N4O18/c1-5-13-52-16-19-55-22-24-57-27-29-60-31-33-63-37-41(50)46-38(39(48)10-8-14-53-17-20-61-34-35-64-47-42(51)65-43(2,3)4)9-6-7-12-45-40(49)36-62-32-30-59-28-26-58-25-23-56-21-18-54-15-11-44/h38H,5-37,44H2,1-4H3,(H,45,49)(H,46,50)(H,47,51)/t38-/m0/s1. The molecule has 0 fully saturated rings. The molecule has 0 radical (unpaired) electrons. The molecule has 0 bridgehead atoms. The van der Waals surface area contributed by atoms with Crippen molar-refractivity contribution in [2.45, 2.75) is 77.9 Å². The zero-order valence-electron chi connectivity index (χ0n) is 39.8. The van der Waals surface area contributed by atoms with E-state index < -0.39 is 23.6 Å². The first-order valence-corrected chi connectivity index (χ1v) is 22.9. The van der Waals surface area contributed by atoms with Crippen LogP contribution in [-0.4, -0.2) is 214 Å². The minimum Gasteiger partial charge on any atom is -0.442 e. The van der Waals surface area contributed by atoms with Crippen LogP contribution in [0.1, 0.15) is 66.2 Å². The Kier molecular flexibility index (Phi) is 45.8. The molecular weight excluding hydrogens is 860 g/mol. The van der Waals surface area contributed by atoms with E-state index in [1.807, 2.05) is 0 Å². The van der Waals surface area contributed by atoms with E-state index >= 15 is 0 Å². The summed E-state index contributed by atoms with van der Waals surface area (Å²) in [5.41, 5.74) is 6.90. The second-order valence-electron chi connectivity index (χ2n) is 15.0. The molecule has 22 nitrogen and oxygen atoms in total. The number of unbranched alkanes of at least 4 members (excludes halogenated alkanes) is 1.